The molecule has 0 bridgehead atoms. The van der Waals surface area contributed by atoms with Gasteiger partial charge in [-0.15, -0.1) is 0 Å². The molecule has 134 valence electrons. The first-order chi connectivity index (χ1) is 12.2. The Morgan fingerprint density at radius 1 is 1.08 bits per heavy atom. The van der Waals surface area contributed by atoms with E-state index in [2.05, 4.69) is 5.32 Å². The van der Waals surface area contributed by atoms with Gasteiger partial charge < -0.3 is 15.0 Å². The molecule has 1 N–H and O–H groups in total. The zero-order valence-electron chi connectivity index (χ0n) is 14.6. The molecule has 3 fully saturated rings. The van der Waals surface area contributed by atoms with E-state index in [0.717, 1.165) is 50.8 Å². The molecule has 2 amide bonds. The summed E-state index contributed by atoms with van der Waals surface area (Å²) in [6.45, 7) is 3.07. The number of hydrogen-bond donors (Lipinski definition) is 1. The lowest BCUT2D eigenvalue weighted by Crippen LogP contribution is -2.45. The number of ether oxygens (including phenoxy) is 1. The van der Waals surface area contributed by atoms with Crippen molar-refractivity contribution in [1.29, 1.82) is 0 Å². The van der Waals surface area contributed by atoms with E-state index in [0.29, 0.717) is 19.1 Å². The molecule has 2 heterocycles. The summed E-state index contributed by atoms with van der Waals surface area (Å²) in [6, 6.07) is 9.65. The SMILES string of the molecule is O=C(N[C@H]1CC12CCN(C(=O)C1CCOCC1)CC2)c1ccccc1. The van der Waals surface area contributed by atoms with Gasteiger partial charge in [0.25, 0.3) is 5.91 Å². The first kappa shape index (κ1) is 16.6. The maximum absolute atomic E-state index is 12.6. The summed E-state index contributed by atoms with van der Waals surface area (Å²) in [5.41, 5.74) is 0.938. The second-order valence-electron chi connectivity index (χ2n) is 7.67. The van der Waals surface area contributed by atoms with Gasteiger partial charge in [-0.3, -0.25) is 9.59 Å². The molecule has 1 saturated carbocycles. The highest BCUT2D eigenvalue weighted by Gasteiger charge is 2.56. The maximum Gasteiger partial charge on any atom is 0.251 e. The highest BCUT2D eigenvalue weighted by atomic mass is 16.5. The topological polar surface area (TPSA) is 58.6 Å². The van der Waals surface area contributed by atoms with Gasteiger partial charge in [0.2, 0.25) is 5.91 Å². The van der Waals surface area contributed by atoms with E-state index in [1.54, 1.807) is 0 Å². The molecule has 1 aromatic carbocycles. The van der Waals surface area contributed by atoms with Crippen molar-refractivity contribution in [2.24, 2.45) is 11.3 Å². The fourth-order valence-corrected chi connectivity index (χ4v) is 4.31. The predicted molar refractivity (Wildman–Crippen MR) is 94.1 cm³/mol. The number of rotatable bonds is 3. The Morgan fingerprint density at radius 3 is 2.44 bits per heavy atom. The first-order valence-electron chi connectivity index (χ1n) is 9.40. The smallest absolute Gasteiger partial charge is 0.251 e. The summed E-state index contributed by atoms with van der Waals surface area (Å²) >= 11 is 0. The second-order valence-corrected chi connectivity index (χ2v) is 7.67. The number of piperidine rings is 1. The molecule has 5 nitrogen and oxygen atoms in total. The van der Waals surface area contributed by atoms with Crippen LogP contribution in [-0.4, -0.2) is 49.1 Å². The highest BCUT2D eigenvalue weighted by molar-refractivity contribution is 5.94. The molecule has 1 spiro atoms. The molecule has 2 aliphatic heterocycles. The molecule has 3 aliphatic rings. The predicted octanol–water partition coefficient (Wildman–Crippen LogP) is 2.22. The third kappa shape index (κ3) is 3.43. The molecule has 0 aromatic heterocycles. The van der Waals surface area contributed by atoms with Crippen molar-refractivity contribution in [1.82, 2.24) is 10.2 Å². The van der Waals surface area contributed by atoms with Gasteiger partial charge in [0.15, 0.2) is 0 Å². The van der Waals surface area contributed by atoms with Gasteiger partial charge >= 0.3 is 0 Å². The monoisotopic (exact) mass is 342 g/mol. The van der Waals surface area contributed by atoms with Gasteiger partial charge in [0.05, 0.1) is 0 Å². The van der Waals surface area contributed by atoms with Crippen LogP contribution < -0.4 is 5.32 Å². The number of hydrogen-bond acceptors (Lipinski definition) is 3. The molecular weight excluding hydrogens is 316 g/mol. The van der Waals surface area contributed by atoms with Gasteiger partial charge in [0.1, 0.15) is 0 Å². The van der Waals surface area contributed by atoms with Crippen LogP contribution in [-0.2, 0) is 9.53 Å². The van der Waals surface area contributed by atoms with Gasteiger partial charge in [-0.05, 0) is 49.7 Å². The largest absolute Gasteiger partial charge is 0.381 e. The number of amides is 2. The van der Waals surface area contributed by atoms with E-state index in [1.807, 2.05) is 35.2 Å². The Bertz CT molecular complexity index is 632. The summed E-state index contributed by atoms with van der Waals surface area (Å²) in [5.74, 6) is 0.474. The molecule has 1 aromatic rings. The molecule has 0 radical (unpaired) electrons. The standard InChI is InChI=1S/C20H26N2O3/c23-18(15-4-2-1-3-5-15)21-17-14-20(17)8-10-22(11-9-20)19(24)16-6-12-25-13-7-16/h1-5,16-17H,6-14H2,(H,21,23)/t17-/m0/s1. The van der Waals surface area contributed by atoms with Gasteiger partial charge in [0, 0.05) is 43.8 Å². The number of carbonyl (C=O) groups excluding carboxylic acids is 2. The second kappa shape index (κ2) is 6.79. The molecule has 5 heteroatoms. The third-order valence-corrected chi connectivity index (χ3v) is 6.17. The Kier molecular flexibility index (Phi) is 4.50. The quantitative estimate of drug-likeness (QED) is 0.916. The number of nitrogens with one attached hydrogen (secondary N) is 1. The first-order valence-corrected chi connectivity index (χ1v) is 9.40. The zero-order chi connectivity index (χ0) is 17.3. The zero-order valence-corrected chi connectivity index (χ0v) is 14.6. The van der Waals surface area contributed by atoms with E-state index in [9.17, 15) is 9.59 Å². The lowest BCUT2D eigenvalue weighted by molar-refractivity contribution is -0.140. The van der Waals surface area contributed by atoms with Crippen LogP contribution in [0.15, 0.2) is 30.3 Å². The fraction of sp³-hybridized carbons (Fsp3) is 0.600. The Labute approximate surface area is 148 Å². The van der Waals surface area contributed by atoms with Crippen molar-refractivity contribution in [2.75, 3.05) is 26.3 Å². The van der Waals surface area contributed by atoms with Crippen LogP contribution in [0.5, 0.6) is 0 Å². The summed E-state index contributed by atoms with van der Waals surface area (Å²) < 4.78 is 5.36. The summed E-state index contributed by atoms with van der Waals surface area (Å²) in [5, 5.41) is 3.18. The number of nitrogens with zero attached hydrogens (tertiary/aromatic N) is 1. The maximum atomic E-state index is 12.6. The molecule has 1 atom stereocenters. The van der Waals surface area contributed by atoms with Gasteiger partial charge in [-0.2, -0.15) is 0 Å². The van der Waals surface area contributed by atoms with E-state index < -0.39 is 0 Å². The highest BCUT2D eigenvalue weighted by Crippen LogP contribution is 2.54. The van der Waals surface area contributed by atoms with Crippen molar-refractivity contribution in [2.45, 2.75) is 38.1 Å². The minimum absolute atomic E-state index is 0.0168. The number of benzene rings is 1. The normalized spacial score (nSPS) is 25.6. The number of carbonyl (C=O) groups is 2. The number of likely N-dealkylation sites (tertiary alicyclic amines) is 1. The van der Waals surface area contributed by atoms with Crippen molar-refractivity contribution in [3.05, 3.63) is 35.9 Å². The van der Waals surface area contributed by atoms with E-state index >= 15 is 0 Å². The Morgan fingerprint density at radius 2 is 1.76 bits per heavy atom. The molecule has 1 aliphatic carbocycles. The molecule has 2 saturated heterocycles. The lowest BCUT2D eigenvalue weighted by atomic mass is 9.90. The average Bonchev–Trinajstić information content (AvgIpc) is 3.34. The van der Waals surface area contributed by atoms with Crippen LogP contribution in [0, 0.1) is 11.3 Å². The average molecular weight is 342 g/mol. The fourth-order valence-electron chi connectivity index (χ4n) is 4.31. The van der Waals surface area contributed by atoms with Crippen molar-refractivity contribution in [3.8, 4) is 0 Å². The van der Waals surface area contributed by atoms with Crippen LogP contribution in [0.25, 0.3) is 0 Å². The molecule has 4 rings (SSSR count). The summed E-state index contributed by atoms with van der Waals surface area (Å²) in [4.78, 5) is 27.0. The molecular formula is C20H26N2O3. The molecule has 0 unspecified atom stereocenters. The summed E-state index contributed by atoms with van der Waals surface area (Å²) in [7, 11) is 0. The van der Waals surface area contributed by atoms with Crippen molar-refractivity contribution < 1.29 is 14.3 Å². The third-order valence-electron chi connectivity index (χ3n) is 6.17. The van der Waals surface area contributed by atoms with Crippen LogP contribution >= 0.6 is 0 Å². The van der Waals surface area contributed by atoms with Crippen molar-refractivity contribution >= 4 is 11.8 Å². The minimum atomic E-state index is 0.0168. The van der Waals surface area contributed by atoms with Crippen molar-refractivity contribution in [3.63, 3.8) is 0 Å². The van der Waals surface area contributed by atoms with Gasteiger partial charge in [-0.25, -0.2) is 0 Å². The Hall–Kier alpha value is -1.88. The van der Waals surface area contributed by atoms with Gasteiger partial charge in [-0.1, -0.05) is 18.2 Å². The molecule has 25 heavy (non-hydrogen) atoms. The lowest BCUT2D eigenvalue weighted by Gasteiger charge is -2.36. The van der Waals surface area contributed by atoms with E-state index in [-0.39, 0.29) is 23.3 Å². The Balaban J connectivity index is 1.28. The van der Waals surface area contributed by atoms with Crippen LogP contribution in [0.3, 0.4) is 0 Å². The van der Waals surface area contributed by atoms with Crippen LogP contribution in [0.4, 0.5) is 0 Å². The van der Waals surface area contributed by atoms with E-state index in [4.69, 9.17) is 4.74 Å². The van der Waals surface area contributed by atoms with Crippen LogP contribution in [0.2, 0.25) is 0 Å². The minimum Gasteiger partial charge on any atom is -0.381 e. The summed E-state index contributed by atoms with van der Waals surface area (Å²) in [6.07, 6.45) is 4.76. The van der Waals surface area contributed by atoms with Crippen LogP contribution in [0.1, 0.15) is 42.5 Å². The van der Waals surface area contributed by atoms with E-state index in [1.165, 1.54) is 0 Å².